The first-order valence-electron chi connectivity index (χ1n) is 9.90. The SMILES string of the molecule is O=S(=O)(O)NC[C@H]1C[C@@H](Nc2ccnc3cc(-c4cc(C(F)(F)F)ccc4F)nn23)[C@H](O)[C@@H]1O. The van der Waals surface area contributed by atoms with E-state index in [-0.39, 0.29) is 35.7 Å². The number of anilines is 1. The zero-order valence-electron chi connectivity index (χ0n) is 17.1. The molecule has 0 amide bonds. The lowest BCUT2D eigenvalue weighted by atomic mass is 10.1. The summed E-state index contributed by atoms with van der Waals surface area (Å²) in [6.45, 7) is -0.318. The molecule has 4 atom stereocenters. The fourth-order valence-electron chi connectivity index (χ4n) is 3.91. The van der Waals surface area contributed by atoms with Gasteiger partial charge in [-0.1, -0.05) is 0 Å². The summed E-state index contributed by atoms with van der Waals surface area (Å²) in [6, 6.07) is 3.95. The van der Waals surface area contributed by atoms with E-state index < -0.39 is 52.0 Å². The molecule has 34 heavy (non-hydrogen) atoms. The fourth-order valence-corrected chi connectivity index (χ4v) is 4.33. The Morgan fingerprint density at radius 3 is 2.56 bits per heavy atom. The first-order chi connectivity index (χ1) is 15.8. The predicted molar refractivity (Wildman–Crippen MR) is 110 cm³/mol. The van der Waals surface area contributed by atoms with Crippen LogP contribution in [0.25, 0.3) is 16.9 Å². The Morgan fingerprint density at radius 1 is 1.15 bits per heavy atom. The molecule has 1 fully saturated rings. The maximum atomic E-state index is 14.3. The molecule has 3 aromatic rings. The molecule has 1 aromatic carbocycles. The third-order valence-corrected chi connectivity index (χ3v) is 6.12. The third-order valence-electron chi connectivity index (χ3n) is 5.59. The quantitative estimate of drug-likeness (QED) is 0.250. The van der Waals surface area contributed by atoms with E-state index in [1.807, 2.05) is 4.72 Å². The van der Waals surface area contributed by atoms with Crippen molar-refractivity contribution in [2.45, 2.75) is 30.8 Å². The highest BCUT2D eigenvalue weighted by molar-refractivity contribution is 7.83. The summed E-state index contributed by atoms with van der Waals surface area (Å²) in [6.07, 6.45) is -5.83. The molecule has 2 heterocycles. The monoisotopic (exact) mass is 505 g/mol. The Bertz CT molecular complexity index is 1320. The topological polar surface area (TPSA) is 149 Å². The van der Waals surface area contributed by atoms with Gasteiger partial charge in [-0.2, -0.15) is 35.9 Å². The molecule has 4 rings (SSSR count). The molecule has 5 N–H and O–H groups in total. The second-order valence-electron chi connectivity index (χ2n) is 7.87. The summed E-state index contributed by atoms with van der Waals surface area (Å²) in [7, 11) is -4.48. The van der Waals surface area contributed by atoms with E-state index in [1.54, 1.807) is 0 Å². The molecule has 0 spiro atoms. The molecule has 0 aliphatic heterocycles. The molecular weight excluding hydrogens is 486 g/mol. The zero-order chi connectivity index (χ0) is 24.8. The summed E-state index contributed by atoms with van der Waals surface area (Å²) in [5.41, 5.74) is -1.35. The van der Waals surface area contributed by atoms with E-state index in [1.165, 1.54) is 22.8 Å². The summed E-state index contributed by atoms with van der Waals surface area (Å²) < 4.78 is 87.2. The third kappa shape index (κ3) is 4.97. The molecule has 2 aromatic heterocycles. The smallest absolute Gasteiger partial charge is 0.390 e. The largest absolute Gasteiger partial charge is 0.416 e. The van der Waals surface area contributed by atoms with Crippen LogP contribution in [0.15, 0.2) is 36.5 Å². The Labute approximate surface area is 190 Å². The van der Waals surface area contributed by atoms with Crippen LogP contribution in [-0.2, 0) is 16.5 Å². The van der Waals surface area contributed by atoms with Gasteiger partial charge in [0.1, 0.15) is 17.7 Å². The van der Waals surface area contributed by atoms with Gasteiger partial charge in [0.25, 0.3) is 0 Å². The Hall–Kier alpha value is -2.85. The Balaban J connectivity index is 1.61. The lowest BCUT2D eigenvalue weighted by molar-refractivity contribution is -0.137. The second kappa shape index (κ2) is 8.74. The number of hydrogen-bond acceptors (Lipinski definition) is 7. The highest BCUT2D eigenvalue weighted by Gasteiger charge is 2.42. The van der Waals surface area contributed by atoms with Crippen LogP contribution in [0.2, 0.25) is 0 Å². The van der Waals surface area contributed by atoms with E-state index in [0.29, 0.717) is 18.2 Å². The van der Waals surface area contributed by atoms with Crippen LogP contribution in [0.4, 0.5) is 23.4 Å². The minimum Gasteiger partial charge on any atom is -0.390 e. The van der Waals surface area contributed by atoms with Crippen LogP contribution in [0, 0.1) is 11.7 Å². The number of aromatic nitrogens is 3. The molecule has 184 valence electrons. The van der Waals surface area contributed by atoms with Crippen LogP contribution >= 0.6 is 0 Å². The van der Waals surface area contributed by atoms with E-state index in [2.05, 4.69) is 15.4 Å². The van der Waals surface area contributed by atoms with Crippen molar-refractivity contribution in [1.29, 1.82) is 0 Å². The number of aliphatic hydroxyl groups is 2. The number of hydrogen-bond donors (Lipinski definition) is 5. The summed E-state index contributed by atoms with van der Waals surface area (Å²) in [5, 5.41) is 27.7. The average molecular weight is 505 g/mol. The number of nitrogens with one attached hydrogen (secondary N) is 2. The van der Waals surface area contributed by atoms with E-state index >= 15 is 0 Å². The maximum absolute atomic E-state index is 14.3. The van der Waals surface area contributed by atoms with Gasteiger partial charge in [0.05, 0.1) is 23.4 Å². The molecular formula is C19H19F4N5O5S. The van der Waals surface area contributed by atoms with Crippen molar-refractivity contribution < 1.29 is 40.7 Å². The minimum absolute atomic E-state index is 0.102. The molecule has 10 nitrogen and oxygen atoms in total. The van der Waals surface area contributed by atoms with Gasteiger partial charge in [0.15, 0.2) is 5.65 Å². The van der Waals surface area contributed by atoms with Crippen molar-refractivity contribution in [3.63, 3.8) is 0 Å². The molecule has 15 heteroatoms. The highest BCUT2D eigenvalue weighted by atomic mass is 32.2. The molecule has 1 aliphatic rings. The average Bonchev–Trinajstić information content (AvgIpc) is 3.28. The van der Waals surface area contributed by atoms with Gasteiger partial charge in [-0.15, -0.1) is 0 Å². The van der Waals surface area contributed by atoms with Crippen LogP contribution in [0.1, 0.15) is 12.0 Å². The van der Waals surface area contributed by atoms with E-state index in [0.717, 1.165) is 0 Å². The Morgan fingerprint density at radius 2 is 1.88 bits per heavy atom. The van der Waals surface area contributed by atoms with E-state index in [9.17, 15) is 36.2 Å². The van der Waals surface area contributed by atoms with Crippen molar-refractivity contribution in [1.82, 2.24) is 19.3 Å². The molecule has 0 bridgehead atoms. The van der Waals surface area contributed by atoms with Crippen molar-refractivity contribution in [3.05, 3.63) is 47.9 Å². The first kappa shape index (κ1) is 24.3. The van der Waals surface area contributed by atoms with Crippen molar-refractivity contribution in [3.8, 4) is 11.3 Å². The lowest BCUT2D eigenvalue weighted by Gasteiger charge is -2.19. The first-order valence-corrected chi connectivity index (χ1v) is 11.3. The van der Waals surface area contributed by atoms with Crippen LogP contribution in [-0.4, -0.2) is 62.6 Å². The second-order valence-corrected chi connectivity index (χ2v) is 9.11. The fraction of sp³-hybridized carbons (Fsp3) is 0.368. The van der Waals surface area contributed by atoms with Gasteiger partial charge in [-0.05, 0) is 30.7 Å². The van der Waals surface area contributed by atoms with Crippen LogP contribution < -0.4 is 10.0 Å². The van der Waals surface area contributed by atoms with Gasteiger partial charge < -0.3 is 15.5 Å². The number of benzene rings is 1. The summed E-state index contributed by atoms with van der Waals surface area (Å²) >= 11 is 0. The number of fused-ring (bicyclic) bond motifs is 1. The van der Waals surface area contributed by atoms with Gasteiger partial charge in [-0.3, -0.25) is 4.55 Å². The predicted octanol–water partition coefficient (Wildman–Crippen LogP) is 1.47. The highest BCUT2D eigenvalue weighted by Crippen LogP contribution is 2.34. The normalized spacial score (nSPS) is 23.5. The minimum atomic E-state index is -4.67. The number of halogens is 4. The molecule has 0 unspecified atom stereocenters. The van der Waals surface area contributed by atoms with Gasteiger partial charge in [0.2, 0.25) is 0 Å². The van der Waals surface area contributed by atoms with Crippen molar-refractivity contribution in [2.75, 3.05) is 11.9 Å². The zero-order valence-corrected chi connectivity index (χ0v) is 17.9. The van der Waals surface area contributed by atoms with Gasteiger partial charge in [0, 0.05) is 30.3 Å². The molecule has 0 saturated heterocycles. The standard InChI is InChI=1S/C19H19F4N5O5S/c20-12-2-1-10(19(21,22)23)6-11(12)13-7-16-24-4-3-15(28(16)27-13)26-14-5-9(17(29)18(14)30)8-25-34(31,32)33/h1-4,6-7,9,14,17-18,25-26,29-30H,5,8H2,(H,31,32,33)/t9-,14-,17-,18+/m1/s1. The molecule has 1 saturated carbocycles. The lowest BCUT2D eigenvalue weighted by Crippen LogP contribution is -2.37. The molecule has 0 radical (unpaired) electrons. The summed E-state index contributed by atoms with van der Waals surface area (Å²) in [4.78, 5) is 4.07. The summed E-state index contributed by atoms with van der Waals surface area (Å²) in [5.74, 6) is -1.39. The van der Waals surface area contributed by atoms with Crippen LogP contribution in [0.5, 0.6) is 0 Å². The number of aliphatic hydroxyl groups excluding tert-OH is 2. The maximum Gasteiger partial charge on any atom is 0.416 e. The van der Waals surface area contributed by atoms with Gasteiger partial charge in [-0.25, -0.2) is 9.37 Å². The Kier molecular flexibility index (Phi) is 6.24. The van der Waals surface area contributed by atoms with Crippen molar-refractivity contribution >= 4 is 21.8 Å². The van der Waals surface area contributed by atoms with Gasteiger partial charge >= 0.3 is 16.5 Å². The van der Waals surface area contributed by atoms with Crippen LogP contribution in [0.3, 0.4) is 0 Å². The molecule has 1 aliphatic carbocycles. The number of alkyl halides is 3. The van der Waals surface area contributed by atoms with E-state index in [4.69, 9.17) is 4.55 Å². The number of nitrogens with zero attached hydrogens (tertiary/aromatic N) is 3. The van der Waals surface area contributed by atoms with Crippen molar-refractivity contribution in [2.24, 2.45) is 5.92 Å². The number of rotatable bonds is 6.